The Balaban J connectivity index is 1.43. The van der Waals surface area contributed by atoms with Crippen molar-refractivity contribution in [1.29, 1.82) is 0 Å². The second-order valence-electron chi connectivity index (χ2n) is 7.51. The van der Waals surface area contributed by atoms with Crippen molar-refractivity contribution in [2.45, 2.75) is 39.0 Å². The molecule has 1 aromatic carbocycles. The highest BCUT2D eigenvalue weighted by Gasteiger charge is 2.43. The average molecular weight is 342 g/mol. The molecule has 1 aromatic heterocycles. The lowest BCUT2D eigenvalue weighted by molar-refractivity contribution is 0.151. The van der Waals surface area contributed by atoms with E-state index >= 15 is 0 Å². The summed E-state index contributed by atoms with van der Waals surface area (Å²) in [5, 5.41) is 4.41. The Morgan fingerprint density at radius 1 is 1.36 bits per heavy atom. The molecule has 4 rings (SSSR count). The Bertz CT molecular complexity index is 775. The summed E-state index contributed by atoms with van der Waals surface area (Å²) in [7, 11) is 0. The van der Waals surface area contributed by atoms with E-state index in [1.54, 1.807) is 12.1 Å². The zero-order valence-electron chi connectivity index (χ0n) is 14.9. The van der Waals surface area contributed by atoms with E-state index in [2.05, 4.69) is 22.1 Å². The molecule has 2 fully saturated rings. The second-order valence-corrected chi connectivity index (χ2v) is 7.51. The summed E-state index contributed by atoms with van der Waals surface area (Å²) < 4.78 is 13.5. The zero-order valence-corrected chi connectivity index (χ0v) is 14.9. The first-order valence-corrected chi connectivity index (χ1v) is 9.48. The molecule has 5 heteroatoms. The number of aromatic nitrogens is 1. The fourth-order valence-electron chi connectivity index (χ4n) is 4.27. The van der Waals surface area contributed by atoms with Gasteiger partial charge in [-0.2, -0.15) is 0 Å². The van der Waals surface area contributed by atoms with Gasteiger partial charge in [-0.25, -0.2) is 4.39 Å². The van der Waals surface area contributed by atoms with Crippen molar-refractivity contribution >= 4 is 16.9 Å². The molecule has 2 heterocycles. The van der Waals surface area contributed by atoms with E-state index in [9.17, 15) is 4.39 Å². The number of hydrogen-bond donors (Lipinski definition) is 2. The number of halogens is 1. The normalized spacial score (nSPS) is 19.6. The van der Waals surface area contributed by atoms with Crippen LogP contribution in [0.2, 0.25) is 0 Å². The first-order valence-electron chi connectivity index (χ1n) is 9.48. The number of aromatic amines is 1. The van der Waals surface area contributed by atoms with Crippen LogP contribution in [0.3, 0.4) is 0 Å². The van der Waals surface area contributed by atoms with Crippen molar-refractivity contribution in [2.75, 3.05) is 26.2 Å². The van der Waals surface area contributed by atoms with Gasteiger partial charge in [0.1, 0.15) is 5.82 Å². The van der Waals surface area contributed by atoms with Gasteiger partial charge in [0.25, 0.3) is 0 Å². The van der Waals surface area contributed by atoms with E-state index in [0.717, 1.165) is 55.0 Å². The van der Waals surface area contributed by atoms with Crippen molar-refractivity contribution in [3.8, 4) is 0 Å². The quantitative estimate of drug-likeness (QED) is 0.657. The molecule has 0 amide bonds. The number of likely N-dealkylation sites (tertiary alicyclic amines) is 1. The molecule has 4 nitrogen and oxygen atoms in total. The van der Waals surface area contributed by atoms with Gasteiger partial charge in [0, 0.05) is 43.3 Å². The third kappa shape index (κ3) is 3.24. The van der Waals surface area contributed by atoms with E-state index in [1.807, 2.05) is 6.20 Å². The first-order chi connectivity index (χ1) is 12.2. The highest BCUT2D eigenvalue weighted by molar-refractivity contribution is 5.83. The molecule has 1 aliphatic carbocycles. The minimum absolute atomic E-state index is 0.187. The van der Waals surface area contributed by atoms with E-state index in [4.69, 9.17) is 4.99 Å². The SMILES string of the molecule is CCNC(=NCCc1c[nH]c2ccc(F)cc12)N1CCC2(CCC2)C1. The maximum absolute atomic E-state index is 13.5. The smallest absolute Gasteiger partial charge is 0.193 e. The van der Waals surface area contributed by atoms with E-state index in [-0.39, 0.29) is 5.82 Å². The van der Waals surface area contributed by atoms with Gasteiger partial charge >= 0.3 is 0 Å². The van der Waals surface area contributed by atoms with Gasteiger partial charge in [0.05, 0.1) is 0 Å². The number of nitrogens with zero attached hydrogens (tertiary/aromatic N) is 2. The summed E-state index contributed by atoms with van der Waals surface area (Å²) in [6.45, 7) is 5.99. The van der Waals surface area contributed by atoms with Crippen LogP contribution in [0.25, 0.3) is 10.9 Å². The van der Waals surface area contributed by atoms with Gasteiger partial charge < -0.3 is 15.2 Å². The van der Waals surface area contributed by atoms with Gasteiger partial charge in [-0.1, -0.05) is 6.42 Å². The predicted octanol–water partition coefficient (Wildman–Crippen LogP) is 3.69. The Morgan fingerprint density at radius 2 is 2.24 bits per heavy atom. The average Bonchev–Trinajstić information content (AvgIpc) is 3.18. The van der Waals surface area contributed by atoms with Crippen LogP contribution in [0.5, 0.6) is 0 Å². The van der Waals surface area contributed by atoms with Gasteiger partial charge in [0.2, 0.25) is 0 Å². The van der Waals surface area contributed by atoms with E-state index in [0.29, 0.717) is 5.41 Å². The minimum Gasteiger partial charge on any atom is -0.361 e. The molecule has 0 bridgehead atoms. The monoisotopic (exact) mass is 342 g/mol. The Kier molecular flexibility index (Phi) is 4.40. The predicted molar refractivity (Wildman–Crippen MR) is 100 cm³/mol. The van der Waals surface area contributed by atoms with Crippen LogP contribution in [0.4, 0.5) is 4.39 Å². The lowest BCUT2D eigenvalue weighted by Gasteiger charge is -2.38. The lowest BCUT2D eigenvalue weighted by Crippen LogP contribution is -2.42. The zero-order chi connectivity index (χ0) is 17.3. The van der Waals surface area contributed by atoms with Crippen LogP contribution in [0, 0.1) is 11.2 Å². The molecule has 134 valence electrons. The van der Waals surface area contributed by atoms with Crippen molar-refractivity contribution in [3.05, 3.63) is 35.8 Å². The third-order valence-electron chi connectivity index (χ3n) is 5.86. The molecule has 2 aliphatic rings. The number of guanidine groups is 1. The fraction of sp³-hybridized carbons (Fsp3) is 0.550. The molecule has 1 saturated heterocycles. The topological polar surface area (TPSA) is 43.4 Å². The Morgan fingerprint density at radius 3 is 2.96 bits per heavy atom. The Hall–Kier alpha value is -2.04. The van der Waals surface area contributed by atoms with Gasteiger partial charge in [0.15, 0.2) is 5.96 Å². The standard InChI is InChI=1S/C20H27FN4/c1-2-22-19(25-11-9-20(14-25)7-3-8-20)23-10-6-15-13-24-18-5-4-16(21)12-17(15)18/h4-5,12-13,24H,2-3,6-11,14H2,1H3,(H,22,23). The second kappa shape index (κ2) is 6.70. The number of nitrogens with one attached hydrogen (secondary N) is 2. The van der Waals surface area contributed by atoms with Gasteiger partial charge in [-0.05, 0) is 61.8 Å². The summed E-state index contributed by atoms with van der Waals surface area (Å²) in [4.78, 5) is 10.5. The van der Waals surface area contributed by atoms with Crippen LogP contribution in [0.1, 0.15) is 38.2 Å². The number of H-pyrrole nitrogens is 1. The summed E-state index contributed by atoms with van der Waals surface area (Å²) in [6, 6.07) is 4.90. The molecule has 1 aliphatic heterocycles. The van der Waals surface area contributed by atoms with E-state index < -0.39 is 0 Å². The van der Waals surface area contributed by atoms with Crippen LogP contribution in [-0.4, -0.2) is 42.0 Å². The molecule has 0 radical (unpaired) electrons. The van der Waals surface area contributed by atoms with Crippen molar-refractivity contribution in [3.63, 3.8) is 0 Å². The number of fused-ring (bicyclic) bond motifs is 1. The molecule has 2 N–H and O–H groups in total. The van der Waals surface area contributed by atoms with Crippen LogP contribution in [-0.2, 0) is 6.42 Å². The number of hydrogen-bond acceptors (Lipinski definition) is 1. The molecule has 1 saturated carbocycles. The molecule has 1 spiro atoms. The molecule has 25 heavy (non-hydrogen) atoms. The van der Waals surface area contributed by atoms with Crippen molar-refractivity contribution in [1.82, 2.24) is 15.2 Å². The fourth-order valence-corrected chi connectivity index (χ4v) is 4.27. The molecular weight excluding hydrogens is 315 g/mol. The highest BCUT2D eigenvalue weighted by Crippen LogP contribution is 2.47. The van der Waals surface area contributed by atoms with E-state index in [1.165, 1.54) is 31.7 Å². The lowest BCUT2D eigenvalue weighted by atomic mass is 9.68. The van der Waals surface area contributed by atoms with Crippen LogP contribution in [0.15, 0.2) is 29.4 Å². The molecule has 2 aromatic rings. The Labute approximate surface area is 148 Å². The number of benzene rings is 1. The summed E-state index contributed by atoms with van der Waals surface area (Å²) >= 11 is 0. The molecular formula is C20H27FN4. The van der Waals surface area contributed by atoms with Gasteiger partial charge in [-0.3, -0.25) is 4.99 Å². The van der Waals surface area contributed by atoms with Crippen molar-refractivity contribution < 1.29 is 4.39 Å². The largest absolute Gasteiger partial charge is 0.361 e. The number of rotatable bonds is 4. The van der Waals surface area contributed by atoms with Crippen molar-refractivity contribution in [2.24, 2.45) is 10.4 Å². The maximum Gasteiger partial charge on any atom is 0.193 e. The first kappa shape index (κ1) is 16.4. The number of aliphatic imine (C=N–C) groups is 1. The van der Waals surface area contributed by atoms with Gasteiger partial charge in [-0.15, -0.1) is 0 Å². The summed E-state index contributed by atoms with van der Waals surface area (Å²) in [6.07, 6.45) is 8.24. The molecule has 0 atom stereocenters. The summed E-state index contributed by atoms with van der Waals surface area (Å²) in [5.41, 5.74) is 2.69. The third-order valence-corrected chi connectivity index (χ3v) is 5.86. The minimum atomic E-state index is -0.187. The van der Waals surface area contributed by atoms with Crippen LogP contribution < -0.4 is 5.32 Å². The van der Waals surface area contributed by atoms with Crippen LogP contribution >= 0.6 is 0 Å². The maximum atomic E-state index is 13.5. The summed E-state index contributed by atoms with van der Waals surface area (Å²) in [5.74, 6) is 0.852. The molecule has 0 unspecified atom stereocenters. The highest BCUT2D eigenvalue weighted by atomic mass is 19.1.